The first-order valence-corrected chi connectivity index (χ1v) is 9.38. The summed E-state index contributed by atoms with van der Waals surface area (Å²) in [7, 11) is 0. The lowest BCUT2D eigenvalue weighted by Gasteiger charge is -2.37. The van der Waals surface area contributed by atoms with E-state index in [1.54, 1.807) is 18.2 Å². The van der Waals surface area contributed by atoms with E-state index in [0.717, 1.165) is 49.9 Å². The van der Waals surface area contributed by atoms with Gasteiger partial charge in [-0.05, 0) is 24.6 Å². The first-order valence-electron chi connectivity index (χ1n) is 9.38. The van der Waals surface area contributed by atoms with Crippen LogP contribution in [0.2, 0.25) is 0 Å². The van der Waals surface area contributed by atoms with E-state index in [-0.39, 0.29) is 29.7 Å². The fraction of sp³-hybridized carbons (Fsp3) is 0.350. The van der Waals surface area contributed by atoms with Crippen molar-refractivity contribution in [2.75, 3.05) is 37.6 Å². The molecule has 0 aliphatic carbocycles. The number of hydrogen-bond acceptors (Lipinski definition) is 5. The number of nitrogens with one attached hydrogen (secondary N) is 1. The second-order valence-electron chi connectivity index (χ2n) is 6.56. The van der Waals surface area contributed by atoms with Crippen molar-refractivity contribution in [1.29, 1.82) is 0 Å². The van der Waals surface area contributed by atoms with Gasteiger partial charge in [-0.15, -0.1) is 24.0 Å². The number of piperazine rings is 1. The number of nitro groups is 1. The Hall–Kier alpha value is -2.56. The molecule has 0 radical (unpaired) electrons. The fourth-order valence-electron chi connectivity index (χ4n) is 3.21. The quantitative estimate of drug-likeness (QED) is 0.211. The number of nitrogens with zero attached hydrogens (tertiary/aromatic N) is 4. The average Bonchev–Trinajstić information content (AvgIpc) is 2.72. The van der Waals surface area contributed by atoms with E-state index >= 15 is 0 Å². The highest BCUT2D eigenvalue weighted by Crippen LogP contribution is 2.27. The van der Waals surface area contributed by atoms with E-state index in [4.69, 9.17) is 4.99 Å². The number of halogens is 1. The predicted molar refractivity (Wildman–Crippen MR) is 125 cm³/mol. The van der Waals surface area contributed by atoms with Gasteiger partial charge < -0.3 is 20.2 Å². The third kappa shape index (κ3) is 5.96. The van der Waals surface area contributed by atoms with Crippen LogP contribution in [0, 0.1) is 10.1 Å². The molecule has 1 saturated heterocycles. The highest BCUT2D eigenvalue weighted by molar-refractivity contribution is 14.0. The summed E-state index contributed by atoms with van der Waals surface area (Å²) in [6.07, 6.45) is 0. The van der Waals surface area contributed by atoms with E-state index in [1.165, 1.54) is 12.1 Å². The molecule has 1 aliphatic heterocycles. The zero-order valence-electron chi connectivity index (χ0n) is 16.3. The SMILES string of the molecule is CCNC(=NCc1ccc([N+](=O)[O-])cc1)N1CCN(c2ccccc2O)CC1.I. The van der Waals surface area contributed by atoms with Crippen molar-refractivity contribution in [3.63, 3.8) is 0 Å². The third-order valence-electron chi connectivity index (χ3n) is 4.70. The van der Waals surface area contributed by atoms with Crippen molar-refractivity contribution in [3.8, 4) is 5.75 Å². The molecule has 1 heterocycles. The molecule has 9 heteroatoms. The minimum Gasteiger partial charge on any atom is -0.506 e. The monoisotopic (exact) mass is 511 g/mol. The van der Waals surface area contributed by atoms with Gasteiger partial charge in [0.25, 0.3) is 5.69 Å². The molecule has 0 saturated carbocycles. The number of phenols is 1. The van der Waals surface area contributed by atoms with Gasteiger partial charge in [0, 0.05) is 44.9 Å². The summed E-state index contributed by atoms with van der Waals surface area (Å²) >= 11 is 0. The van der Waals surface area contributed by atoms with Crippen LogP contribution >= 0.6 is 24.0 Å². The van der Waals surface area contributed by atoms with Crippen molar-refractivity contribution >= 4 is 41.3 Å². The van der Waals surface area contributed by atoms with Gasteiger partial charge in [-0.2, -0.15) is 0 Å². The molecule has 2 aromatic carbocycles. The number of para-hydroxylation sites is 2. The molecule has 0 spiro atoms. The average molecular weight is 511 g/mol. The van der Waals surface area contributed by atoms with E-state index in [1.807, 2.05) is 25.1 Å². The number of phenolic OH excluding ortho intramolecular Hbond substituents is 1. The van der Waals surface area contributed by atoms with Crippen LogP contribution in [0.15, 0.2) is 53.5 Å². The normalized spacial score (nSPS) is 14.3. The van der Waals surface area contributed by atoms with Crippen LogP contribution in [0.3, 0.4) is 0 Å². The van der Waals surface area contributed by atoms with Gasteiger partial charge in [0.1, 0.15) is 5.75 Å². The van der Waals surface area contributed by atoms with Crippen molar-refractivity contribution in [3.05, 3.63) is 64.2 Å². The van der Waals surface area contributed by atoms with E-state index in [0.29, 0.717) is 12.3 Å². The third-order valence-corrected chi connectivity index (χ3v) is 4.70. The molecular formula is C20H26IN5O3. The summed E-state index contributed by atoms with van der Waals surface area (Å²) in [6.45, 7) is 6.42. The van der Waals surface area contributed by atoms with Crippen LogP contribution < -0.4 is 10.2 Å². The molecular weight excluding hydrogens is 485 g/mol. The Balaban J connectivity index is 0.00000300. The van der Waals surface area contributed by atoms with Crippen molar-refractivity contribution in [2.45, 2.75) is 13.5 Å². The van der Waals surface area contributed by atoms with Crippen molar-refractivity contribution < 1.29 is 10.0 Å². The van der Waals surface area contributed by atoms with E-state index in [2.05, 4.69) is 15.1 Å². The van der Waals surface area contributed by atoms with Crippen LogP contribution in [-0.4, -0.2) is 53.6 Å². The molecule has 0 aromatic heterocycles. The standard InChI is InChI=1S/C20H25N5O3.HI/c1-2-21-20(22-15-16-7-9-17(10-8-16)25(27)28)24-13-11-23(12-14-24)18-5-3-4-6-19(18)26;/h3-10,26H,2,11-15H2,1H3,(H,21,22);1H. The van der Waals surface area contributed by atoms with Gasteiger partial charge in [0.2, 0.25) is 0 Å². The van der Waals surface area contributed by atoms with Gasteiger partial charge in [0.05, 0.1) is 17.2 Å². The highest BCUT2D eigenvalue weighted by Gasteiger charge is 2.21. The number of hydrogen-bond donors (Lipinski definition) is 2. The molecule has 0 amide bonds. The van der Waals surface area contributed by atoms with Gasteiger partial charge in [-0.3, -0.25) is 10.1 Å². The predicted octanol–water partition coefficient (Wildman–Crippen LogP) is 3.21. The number of aromatic hydroxyl groups is 1. The number of aliphatic imine (C=N–C) groups is 1. The summed E-state index contributed by atoms with van der Waals surface area (Å²) in [5.41, 5.74) is 1.86. The Morgan fingerprint density at radius 1 is 1.14 bits per heavy atom. The van der Waals surface area contributed by atoms with Gasteiger partial charge in [-0.1, -0.05) is 24.3 Å². The number of guanidine groups is 1. The zero-order chi connectivity index (χ0) is 19.9. The number of non-ortho nitro benzene ring substituents is 1. The zero-order valence-corrected chi connectivity index (χ0v) is 18.7. The Morgan fingerprint density at radius 2 is 1.79 bits per heavy atom. The summed E-state index contributed by atoms with van der Waals surface area (Å²) in [4.78, 5) is 19.4. The molecule has 1 fully saturated rings. The summed E-state index contributed by atoms with van der Waals surface area (Å²) in [5.74, 6) is 1.13. The van der Waals surface area contributed by atoms with Gasteiger partial charge in [0.15, 0.2) is 5.96 Å². The maximum atomic E-state index is 10.8. The van der Waals surface area contributed by atoms with Crippen LogP contribution in [0.4, 0.5) is 11.4 Å². The summed E-state index contributed by atoms with van der Waals surface area (Å²) < 4.78 is 0. The largest absolute Gasteiger partial charge is 0.506 e. The Morgan fingerprint density at radius 3 is 2.38 bits per heavy atom. The maximum Gasteiger partial charge on any atom is 0.269 e. The number of rotatable bonds is 5. The Kier molecular flexibility index (Phi) is 8.50. The first kappa shape index (κ1) is 22.7. The molecule has 156 valence electrons. The Bertz CT molecular complexity index is 836. The lowest BCUT2D eigenvalue weighted by molar-refractivity contribution is -0.384. The minimum absolute atomic E-state index is 0. The molecule has 0 atom stereocenters. The van der Waals surface area contributed by atoms with Crippen LogP contribution in [0.5, 0.6) is 5.75 Å². The molecule has 2 N–H and O–H groups in total. The second kappa shape index (κ2) is 10.8. The maximum absolute atomic E-state index is 10.8. The fourth-order valence-corrected chi connectivity index (χ4v) is 3.21. The molecule has 3 rings (SSSR count). The van der Waals surface area contributed by atoms with Crippen LogP contribution in [-0.2, 0) is 6.54 Å². The molecule has 1 aliphatic rings. The van der Waals surface area contributed by atoms with Gasteiger partial charge >= 0.3 is 0 Å². The number of nitro benzene ring substituents is 1. The molecule has 0 bridgehead atoms. The molecule has 8 nitrogen and oxygen atoms in total. The lowest BCUT2D eigenvalue weighted by atomic mass is 10.2. The summed E-state index contributed by atoms with van der Waals surface area (Å²) in [6, 6.07) is 13.9. The van der Waals surface area contributed by atoms with Crippen molar-refractivity contribution in [1.82, 2.24) is 10.2 Å². The van der Waals surface area contributed by atoms with E-state index < -0.39 is 4.92 Å². The van der Waals surface area contributed by atoms with Gasteiger partial charge in [-0.25, -0.2) is 4.99 Å². The number of anilines is 1. The van der Waals surface area contributed by atoms with E-state index in [9.17, 15) is 15.2 Å². The number of benzene rings is 2. The minimum atomic E-state index is -0.402. The van der Waals surface area contributed by atoms with Crippen LogP contribution in [0.25, 0.3) is 0 Å². The smallest absolute Gasteiger partial charge is 0.269 e. The first-order chi connectivity index (χ1) is 13.6. The topological polar surface area (TPSA) is 94.2 Å². The molecule has 29 heavy (non-hydrogen) atoms. The van der Waals surface area contributed by atoms with Crippen LogP contribution in [0.1, 0.15) is 12.5 Å². The second-order valence-corrected chi connectivity index (χ2v) is 6.56. The van der Waals surface area contributed by atoms with Crippen molar-refractivity contribution in [2.24, 2.45) is 4.99 Å². The molecule has 2 aromatic rings. The molecule has 0 unspecified atom stereocenters. The Labute approximate surface area is 187 Å². The lowest BCUT2D eigenvalue weighted by Crippen LogP contribution is -2.52. The summed E-state index contributed by atoms with van der Waals surface area (Å²) in [5, 5.41) is 24.1. The highest BCUT2D eigenvalue weighted by atomic mass is 127.